The first-order chi connectivity index (χ1) is 14.5. The van der Waals surface area contributed by atoms with Gasteiger partial charge in [0.05, 0.1) is 19.3 Å². The van der Waals surface area contributed by atoms with Crippen LogP contribution in [0.5, 0.6) is 5.75 Å². The second-order valence-corrected chi connectivity index (χ2v) is 9.17. The van der Waals surface area contributed by atoms with Crippen LogP contribution in [0.25, 0.3) is 0 Å². The van der Waals surface area contributed by atoms with Crippen LogP contribution < -0.4 is 15.4 Å². The zero-order valence-electron chi connectivity index (χ0n) is 18.8. The van der Waals surface area contributed by atoms with Gasteiger partial charge in [0.2, 0.25) is 0 Å². The summed E-state index contributed by atoms with van der Waals surface area (Å²) in [7, 11) is 5.76. The Kier molecular flexibility index (Phi) is 8.10. The lowest BCUT2D eigenvalue weighted by Crippen LogP contribution is -2.44. The summed E-state index contributed by atoms with van der Waals surface area (Å²) in [5.74, 6) is 2.71. The molecule has 2 aromatic rings. The highest BCUT2D eigenvalue weighted by Gasteiger charge is 2.30. The van der Waals surface area contributed by atoms with Gasteiger partial charge in [-0.15, -0.1) is 11.3 Å². The van der Waals surface area contributed by atoms with Gasteiger partial charge in [0.15, 0.2) is 5.96 Å². The minimum atomic E-state index is 0.392. The predicted molar refractivity (Wildman–Crippen MR) is 125 cm³/mol. The number of nitrogens with one attached hydrogen (secondary N) is 2. The Balaban J connectivity index is 1.59. The Morgan fingerprint density at radius 2 is 2.07 bits per heavy atom. The third-order valence-electron chi connectivity index (χ3n) is 5.79. The molecule has 7 heteroatoms. The van der Waals surface area contributed by atoms with Crippen LogP contribution in [0.3, 0.4) is 0 Å². The molecule has 30 heavy (non-hydrogen) atoms. The van der Waals surface area contributed by atoms with Gasteiger partial charge in [0.25, 0.3) is 0 Å². The summed E-state index contributed by atoms with van der Waals surface area (Å²) in [5, 5.41) is 10.2. The van der Waals surface area contributed by atoms with Gasteiger partial charge in [-0.25, -0.2) is 4.98 Å². The van der Waals surface area contributed by atoms with Crippen molar-refractivity contribution < 1.29 is 4.74 Å². The SMILES string of the molecule is CN=C(NCc1nc(C(C)C)cs1)NCC1CCCN(C)C1c1ccc(OC)cc1. The van der Waals surface area contributed by atoms with Crippen molar-refractivity contribution in [3.05, 3.63) is 45.9 Å². The number of aliphatic imine (C=N–C) groups is 1. The zero-order valence-corrected chi connectivity index (χ0v) is 19.6. The molecular formula is C23H35N5OS. The van der Waals surface area contributed by atoms with Gasteiger partial charge >= 0.3 is 0 Å². The van der Waals surface area contributed by atoms with Gasteiger partial charge in [-0.05, 0) is 56.0 Å². The molecular weight excluding hydrogens is 394 g/mol. The fourth-order valence-electron chi connectivity index (χ4n) is 4.08. The maximum Gasteiger partial charge on any atom is 0.191 e. The van der Waals surface area contributed by atoms with Gasteiger partial charge < -0.3 is 15.4 Å². The van der Waals surface area contributed by atoms with Crippen molar-refractivity contribution in [1.29, 1.82) is 0 Å². The number of benzene rings is 1. The number of ether oxygens (including phenoxy) is 1. The first kappa shape index (κ1) is 22.6. The third kappa shape index (κ3) is 5.73. The fraction of sp³-hybridized carbons (Fsp3) is 0.565. The summed E-state index contributed by atoms with van der Waals surface area (Å²) in [4.78, 5) is 11.6. The van der Waals surface area contributed by atoms with Gasteiger partial charge in [0, 0.05) is 25.0 Å². The molecule has 3 rings (SSSR count). The van der Waals surface area contributed by atoms with E-state index in [1.54, 1.807) is 18.4 Å². The number of aromatic nitrogens is 1. The van der Waals surface area contributed by atoms with Crippen LogP contribution in [0.1, 0.15) is 54.9 Å². The van der Waals surface area contributed by atoms with Gasteiger partial charge in [-0.2, -0.15) is 0 Å². The van der Waals surface area contributed by atoms with Crippen LogP contribution in [0.4, 0.5) is 0 Å². The molecule has 1 aromatic heterocycles. The van der Waals surface area contributed by atoms with Crippen LogP contribution in [-0.4, -0.2) is 50.1 Å². The number of nitrogens with zero attached hydrogens (tertiary/aromatic N) is 3. The Bertz CT molecular complexity index is 817. The highest BCUT2D eigenvalue weighted by atomic mass is 32.1. The van der Waals surface area contributed by atoms with E-state index >= 15 is 0 Å². The molecule has 0 radical (unpaired) electrons. The molecule has 0 aliphatic carbocycles. The van der Waals surface area contributed by atoms with E-state index < -0.39 is 0 Å². The molecule has 0 spiro atoms. The van der Waals surface area contributed by atoms with Crippen molar-refractivity contribution in [2.75, 3.05) is 34.3 Å². The van der Waals surface area contributed by atoms with E-state index in [2.05, 4.69) is 71.1 Å². The molecule has 1 saturated heterocycles. The van der Waals surface area contributed by atoms with E-state index in [0.29, 0.717) is 24.4 Å². The first-order valence-corrected chi connectivity index (χ1v) is 11.6. The topological polar surface area (TPSA) is 61.8 Å². The lowest BCUT2D eigenvalue weighted by molar-refractivity contribution is 0.122. The molecule has 2 heterocycles. The highest BCUT2D eigenvalue weighted by Crippen LogP contribution is 2.35. The minimum absolute atomic E-state index is 0.392. The average molecular weight is 430 g/mol. The molecule has 2 N–H and O–H groups in total. The summed E-state index contributed by atoms with van der Waals surface area (Å²) in [6, 6.07) is 8.90. The normalized spacial score (nSPS) is 20.4. The predicted octanol–water partition coefficient (Wildman–Crippen LogP) is 4.02. The molecule has 2 unspecified atom stereocenters. The van der Waals surface area contributed by atoms with Crippen LogP contribution >= 0.6 is 11.3 Å². The molecule has 164 valence electrons. The molecule has 1 aromatic carbocycles. The number of hydrogen-bond acceptors (Lipinski definition) is 5. The summed E-state index contributed by atoms with van der Waals surface area (Å²) in [6.07, 6.45) is 2.42. The second-order valence-electron chi connectivity index (χ2n) is 8.23. The van der Waals surface area contributed by atoms with Gasteiger partial charge in [0.1, 0.15) is 10.8 Å². The molecule has 6 nitrogen and oxygen atoms in total. The monoisotopic (exact) mass is 429 g/mol. The van der Waals surface area contributed by atoms with Crippen molar-refractivity contribution in [1.82, 2.24) is 20.5 Å². The van der Waals surface area contributed by atoms with Gasteiger partial charge in [-0.3, -0.25) is 9.89 Å². The number of thiazole rings is 1. The standard InChI is InChI=1S/C23H35N5OS/c1-16(2)20-15-30-21(27-20)14-26-23(24-3)25-13-18-7-6-12-28(4)22(18)17-8-10-19(29-5)11-9-17/h8-11,15-16,18,22H,6-7,12-14H2,1-5H3,(H2,24,25,26). The van der Waals surface area contributed by atoms with Crippen molar-refractivity contribution in [2.45, 2.75) is 45.2 Å². The van der Waals surface area contributed by atoms with E-state index in [1.807, 2.05) is 7.05 Å². The zero-order chi connectivity index (χ0) is 21.5. The van der Waals surface area contributed by atoms with Crippen molar-refractivity contribution in [3.63, 3.8) is 0 Å². The van der Waals surface area contributed by atoms with E-state index in [0.717, 1.165) is 35.5 Å². The van der Waals surface area contributed by atoms with Crippen LogP contribution in [0.15, 0.2) is 34.6 Å². The molecule has 0 bridgehead atoms. The van der Waals surface area contributed by atoms with Crippen molar-refractivity contribution >= 4 is 17.3 Å². The number of likely N-dealkylation sites (tertiary alicyclic amines) is 1. The quantitative estimate of drug-likeness (QED) is 0.514. The number of rotatable bonds is 7. The fourth-order valence-corrected chi connectivity index (χ4v) is 4.98. The van der Waals surface area contributed by atoms with E-state index in [1.165, 1.54) is 18.4 Å². The number of hydrogen-bond donors (Lipinski definition) is 2. The maximum absolute atomic E-state index is 5.33. The molecule has 0 amide bonds. The molecule has 1 aliphatic rings. The maximum atomic E-state index is 5.33. The van der Waals surface area contributed by atoms with Crippen LogP contribution in [-0.2, 0) is 6.54 Å². The summed E-state index contributed by atoms with van der Waals surface area (Å²) in [6.45, 7) is 7.06. The highest BCUT2D eigenvalue weighted by molar-refractivity contribution is 7.09. The van der Waals surface area contributed by atoms with Crippen LogP contribution in [0, 0.1) is 5.92 Å². The Morgan fingerprint density at radius 1 is 1.30 bits per heavy atom. The largest absolute Gasteiger partial charge is 0.497 e. The second kappa shape index (κ2) is 10.8. The van der Waals surface area contributed by atoms with Crippen molar-refractivity contribution in [3.8, 4) is 5.75 Å². The van der Waals surface area contributed by atoms with E-state index in [4.69, 9.17) is 9.72 Å². The molecule has 0 saturated carbocycles. The molecule has 1 aliphatic heterocycles. The number of piperidine rings is 1. The first-order valence-electron chi connectivity index (χ1n) is 10.7. The smallest absolute Gasteiger partial charge is 0.191 e. The lowest BCUT2D eigenvalue weighted by Gasteiger charge is -2.40. The van der Waals surface area contributed by atoms with Gasteiger partial charge in [-0.1, -0.05) is 26.0 Å². The molecule has 1 fully saturated rings. The summed E-state index contributed by atoms with van der Waals surface area (Å²) < 4.78 is 5.33. The lowest BCUT2D eigenvalue weighted by atomic mass is 9.85. The average Bonchev–Trinajstić information content (AvgIpc) is 3.23. The Hall–Kier alpha value is -2.12. The van der Waals surface area contributed by atoms with E-state index in [-0.39, 0.29) is 0 Å². The number of methoxy groups -OCH3 is 1. The van der Waals surface area contributed by atoms with E-state index in [9.17, 15) is 0 Å². The third-order valence-corrected chi connectivity index (χ3v) is 6.65. The molecule has 2 atom stereocenters. The minimum Gasteiger partial charge on any atom is -0.497 e. The summed E-state index contributed by atoms with van der Waals surface area (Å²) >= 11 is 1.70. The van der Waals surface area contributed by atoms with Crippen molar-refractivity contribution in [2.24, 2.45) is 10.9 Å². The number of guanidine groups is 1. The Morgan fingerprint density at radius 3 is 2.70 bits per heavy atom. The Labute approximate surface area is 184 Å². The summed E-state index contributed by atoms with van der Waals surface area (Å²) in [5.41, 5.74) is 2.50. The van der Waals surface area contributed by atoms with Crippen LogP contribution in [0.2, 0.25) is 0 Å².